The van der Waals surface area contributed by atoms with Gasteiger partial charge < -0.3 is 20.1 Å². The predicted molar refractivity (Wildman–Crippen MR) is 124 cm³/mol. The van der Waals surface area contributed by atoms with E-state index in [0.29, 0.717) is 12.8 Å². The molecule has 0 spiro atoms. The summed E-state index contributed by atoms with van der Waals surface area (Å²) in [4.78, 5) is 38.2. The number of rotatable bonds is 6. The minimum absolute atomic E-state index is 0.0329. The molecule has 4 rings (SSSR count). The van der Waals surface area contributed by atoms with Gasteiger partial charge in [0.1, 0.15) is 12.6 Å². The molecule has 2 aromatic rings. The fourth-order valence-electron chi connectivity index (χ4n) is 5.01. The average Bonchev–Trinajstić information content (AvgIpc) is 3.15. The van der Waals surface area contributed by atoms with Gasteiger partial charge >= 0.3 is 12.1 Å². The van der Waals surface area contributed by atoms with Crippen molar-refractivity contribution in [2.75, 3.05) is 13.7 Å². The fraction of sp³-hybridized carbons (Fsp3) is 0.423. The summed E-state index contributed by atoms with van der Waals surface area (Å²) in [6, 6.07) is 15.0. The second-order valence-corrected chi connectivity index (χ2v) is 8.93. The van der Waals surface area contributed by atoms with Crippen LogP contribution in [0.2, 0.25) is 0 Å². The number of carboxylic acid groups (broad SMARTS) is 1. The zero-order valence-corrected chi connectivity index (χ0v) is 19.0. The van der Waals surface area contributed by atoms with Gasteiger partial charge in [-0.05, 0) is 42.0 Å². The van der Waals surface area contributed by atoms with Gasteiger partial charge in [0.05, 0.1) is 5.92 Å². The Kier molecular flexibility index (Phi) is 6.67. The molecule has 2 amide bonds. The molecule has 33 heavy (non-hydrogen) atoms. The van der Waals surface area contributed by atoms with E-state index in [2.05, 4.69) is 29.6 Å². The van der Waals surface area contributed by atoms with E-state index in [1.165, 1.54) is 18.9 Å². The molecule has 7 heteroatoms. The third-order valence-electron chi connectivity index (χ3n) is 7.02. The van der Waals surface area contributed by atoms with Crippen LogP contribution in [0.4, 0.5) is 4.79 Å². The molecule has 2 aromatic carbocycles. The number of benzene rings is 2. The molecule has 0 heterocycles. The van der Waals surface area contributed by atoms with E-state index in [4.69, 9.17) is 4.74 Å². The van der Waals surface area contributed by atoms with Crippen LogP contribution >= 0.6 is 0 Å². The van der Waals surface area contributed by atoms with Crippen LogP contribution in [0.5, 0.6) is 0 Å². The van der Waals surface area contributed by atoms with Gasteiger partial charge in [-0.1, -0.05) is 61.4 Å². The van der Waals surface area contributed by atoms with E-state index >= 15 is 0 Å². The Bertz CT molecular complexity index is 1010. The number of hydrogen-bond acceptors (Lipinski definition) is 4. The lowest BCUT2D eigenvalue weighted by Crippen LogP contribution is -2.51. The number of carbonyl (C=O) groups excluding carboxylic acids is 2. The number of ether oxygens (including phenoxy) is 1. The van der Waals surface area contributed by atoms with Crippen molar-refractivity contribution in [3.8, 4) is 11.1 Å². The van der Waals surface area contributed by atoms with Crippen LogP contribution in [0.3, 0.4) is 0 Å². The normalized spacial score (nSPS) is 20.3. The molecule has 0 saturated heterocycles. The molecule has 1 fully saturated rings. The van der Waals surface area contributed by atoms with E-state index in [0.717, 1.165) is 35.1 Å². The molecule has 174 valence electrons. The van der Waals surface area contributed by atoms with Gasteiger partial charge in [0.2, 0.25) is 5.91 Å². The molecule has 2 aliphatic carbocycles. The first-order valence-electron chi connectivity index (χ1n) is 11.5. The van der Waals surface area contributed by atoms with Crippen LogP contribution in [-0.4, -0.2) is 53.7 Å². The van der Waals surface area contributed by atoms with Crippen molar-refractivity contribution in [1.29, 1.82) is 0 Å². The topological polar surface area (TPSA) is 95.9 Å². The zero-order valence-electron chi connectivity index (χ0n) is 19.0. The smallest absolute Gasteiger partial charge is 0.407 e. The van der Waals surface area contributed by atoms with Gasteiger partial charge in [-0.25, -0.2) is 9.59 Å². The van der Waals surface area contributed by atoms with Crippen LogP contribution in [0, 0.1) is 5.92 Å². The van der Waals surface area contributed by atoms with Crippen molar-refractivity contribution in [3.05, 3.63) is 59.7 Å². The lowest BCUT2D eigenvalue weighted by atomic mass is 9.83. The van der Waals surface area contributed by atoms with E-state index in [1.807, 2.05) is 24.3 Å². The number of amides is 2. The minimum atomic E-state index is -1.05. The maximum Gasteiger partial charge on any atom is 0.407 e. The number of fused-ring (bicyclic) bond motifs is 3. The minimum Gasteiger partial charge on any atom is -0.480 e. The fourth-order valence-corrected chi connectivity index (χ4v) is 5.01. The first-order valence-corrected chi connectivity index (χ1v) is 11.5. The molecule has 3 atom stereocenters. The number of nitrogens with zero attached hydrogens (tertiary/aromatic N) is 1. The van der Waals surface area contributed by atoms with Crippen molar-refractivity contribution >= 4 is 18.0 Å². The number of likely N-dealkylation sites (N-methyl/N-ethyl adjacent to an activating group) is 1. The summed E-state index contributed by atoms with van der Waals surface area (Å²) < 4.78 is 5.65. The van der Waals surface area contributed by atoms with Crippen LogP contribution in [0.15, 0.2) is 48.5 Å². The maximum absolute atomic E-state index is 12.9. The van der Waals surface area contributed by atoms with E-state index < -0.39 is 24.0 Å². The SMILES string of the molecule is C[C@@H](C(=O)O)N(C)C(=O)[C@@H]1CCCC[C@@H]1NC(=O)OCC1c2ccccc2-c2ccccc21. The van der Waals surface area contributed by atoms with Crippen LogP contribution in [-0.2, 0) is 14.3 Å². The number of carboxylic acids is 1. The van der Waals surface area contributed by atoms with E-state index in [-0.39, 0.29) is 24.5 Å². The predicted octanol–water partition coefficient (Wildman–Crippen LogP) is 4.02. The Morgan fingerprint density at radius 1 is 1.03 bits per heavy atom. The summed E-state index contributed by atoms with van der Waals surface area (Å²) >= 11 is 0. The lowest BCUT2D eigenvalue weighted by Gasteiger charge is -2.34. The van der Waals surface area contributed by atoms with Gasteiger partial charge in [0.15, 0.2) is 0 Å². The number of alkyl carbamates (subject to hydrolysis) is 1. The number of hydrogen-bond donors (Lipinski definition) is 2. The molecule has 0 aromatic heterocycles. The standard InChI is InChI=1S/C26H30N2O5/c1-16(25(30)31)28(2)24(29)21-13-7-8-14-23(21)27-26(32)33-15-22-19-11-5-3-9-17(19)18-10-4-6-12-20(18)22/h3-6,9-12,16,21-23H,7-8,13-15H2,1-2H3,(H,27,32)(H,30,31)/t16-,21+,23-/m0/s1. The van der Waals surface area contributed by atoms with Crippen molar-refractivity contribution in [2.45, 2.75) is 50.6 Å². The second-order valence-electron chi connectivity index (χ2n) is 8.93. The van der Waals surface area contributed by atoms with Crippen LogP contribution < -0.4 is 5.32 Å². The molecule has 0 radical (unpaired) electrons. The number of nitrogens with one attached hydrogen (secondary N) is 1. The molecule has 0 bridgehead atoms. The molecule has 2 aliphatic rings. The molecule has 1 saturated carbocycles. The summed E-state index contributed by atoms with van der Waals surface area (Å²) in [6.07, 6.45) is 2.50. The first-order chi connectivity index (χ1) is 15.9. The average molecular weight is 451 g/mol. The zero-order chi connectivity index (χ0) is 23.5. The third-order valence-corrected chi connectivity index (χ3v) is 7.02. The highest BCUT2D eigenvalue weighted by Crippen LogP contribution is 2.44. The highest BCUT2D eigenvalue weighted by Gasteiger charge is 2.37. The molecular weight excluding hydrogens is 420 g/mol. The number of carbonyl (C=O) groups is 3. The van der Waals surface area contributed by atoms with Crippen LogP contribution in [0.1, 0.15) is 49.7 Å². The Balaban J connectivity index is 1.41. The quantitative estimate of drug-likeness (QED) is 0.693. The Labute approximate surface area is 193 Å². The lowest BCUT2D eigenvalue weighted by molar-refractivity contribution is -0.150. The summed E-state index contributed by atoms with van der Waals surface area (Å²) in [7, 11) is 1.50. The van der Waals surface area contributed by atoms with E-state index in [9.17, 15) is 19.5 Å². The Morgan fingerprint density at radius 3 is 2.21 bits per heavy atom. The molecular formula is C26H30N2O5. The Hall–Kier alpha value is -3.35. The summed E-state index contributed by atoms with van der Waals surface area (Å²) in [5, 5.41) is 12.1. The van der Waals surface area contributed by atoms with E-state index in [1.54, 1.807) is 0 Å². The third kappa shape index (κ3) is 4.58. The van der Waals surface area contributed by atoms with Gasteiger partial charge in [0, 0.05) is 19.0 Å². The van der Waals surface area contributed by atoms with Gasteiger partial charge in [-0.15, -0.1) is 0 Å². The van der Waals surface area contributed by atoms with Crippen molar-refractivity contribution in [3.63, 3.8) is 0 Å². The van der Waals surface area contributed by atoms with Crippen molar-refractivity contribution in [2.24, 2.45) is 5.92 Å². The van der Waals surface area contributed by atoms with Gasteiger partial charge in [-0.2, -0.15) is 0 Å². The summed E-state index contributed by atoms with van der Waals surface area (Å²) in [6.45, 7) is 1.69. The largest absolute Gasteiger partial charge is 0.480 e. The molecule has 2 N–H and O–H groups in total. The highest BCUT2D eigenvalue weighted by molar-refractivity contribution is 5.85. The van der Waals surface area contributed by atoms with Gasteiger partial charge in [-0.3, -0.25) is 4.79 Å². The molecule has 7 nitrogen and oxygen atoms in total. The number of aliphatic carboxylic acids is 1. The highest BCUT2D eigenvalue weighted by atomic mass is 16.5. The monoisotopic (exact) mass is 450 g/mol. The maximum atomic E-state index is 12.9. The molecule has 0 aliphatic heterocycles. The first kappa shape index (κ1) is 22.8. The summed E-state index contributed by atoms with van der Waals surface area (Å²) in [5.74, 6) is -1.79. The Morgan fingerprint density at radius 2 is 1.61 bits per heavy atom. The second kappa shape index (κ2) is 9.65. The molecule has 0 unspecified atom stereocenters. The van der Waals surface area contributed by atoms with Gasteiger partial charge in [0.25, 0.3) is 0 Å². The van der Waals surface area contributed by atoms with Crippen molar-refractivity contribution < 1.29 is 24.2 Å². The van der Waals surface area contributed by atoms with Crippen LogP contribution in [0.25, 0.3) is 11.1 Å². The summed E-state index contributed by atoms with van der Waals surface area (Å²) in [5.41, 5.74) is 4.61. The van der Waals surface area contributed by atoms with Crippen molar-refractivity contribution in [1.82, 2.24) is 10.2 Å².